The van der Waals surface area contributed by atoms with Gasteiger partial charge in [-0.1, -0.05) is 0 Å². The lowest BCUT2D eigenvalue weighted by molar-refractivity contribution is -0.125. The number of methoxy groups -OCH3 is 1. The first-order valence-corrected chi connectivity index (χ1v) is 5.58. The minimum absolute atomic E-state index is 0.347. The molecule has 1 heterocycles. The number of amides is 2. The lowest BCUT2D eigenvalue weighted by Gasteiger charge is -2.28. The van der Waals surface area contributed by atoms with E-state index in [1.165, 1.54) is 12.0 Å². The molecular weight excluding hydrogens is 224 g/mol. The van der Waals surface area contributed by atoms with Gasteiger partial charge in [0.15, 0.2) is 0 Å². The van der Waals surface area contributed by atoms with Gasteiger partial charge in [-0.15, -0.1) is 0 Å². The van der Waals surface area contributed by atoms with E-state index in [0.29, 0.717) is 13.0 Å². The molecule has 0 aliphatic carbocycles. The molecule has 0 radical (unpaired) electrons. The Kier molecular flexibility index (Phi) is 3.98. The molecule has 2 amide bonds. The highest BCUT2D eigenvalue weighted by atomic mass is 16.6. The van der Waals surface area contributed by atoms with Crippen LogP contribution in [0, 0.1) is 0 Å². The quantitative estimate of drug-likeness (QED) is 0.766. The molecule has 1 aliphatic rings. The van der Waals surface area contributed by atoms with Crippen LogP contribution in [0.2, 0.25) is 0 Å². The molecule has 0 aromatic carbocycles. The third-order valence-electron chi connectivity index (χ3n) is 2.56. The molecule has 6 heteroatoms. The molecule has 1 rings (SSSR count). The van der Waals surface area contributed by atoms with E-state index < -0.39 is 23.6 Å². The van der Waals surface area contributed by atoms with Gasteiger partial charge in [0.2, 0.25) is 5.91 Å². The molecule has 2 N–H and O–H groups in total. The largest absolute Gasteiger partial charge is 0.444 e. The number of nitrogens with zero attached hydrogens (tertiary/aromatic N) is 1. The average molecular weight is 244 g/mol. The van der Waals surface area contributed by atoms with Crippen LogP contribution in [0.5, 0.6) is 0 Å². The van der Waals surface area contributed by atoms with Crippen LogP contribution in [0.4, 0.5) is 4.79 Å². The van der Waals surface area contributed by atoms with Gasteiger partial charge >= 0.3 is 6.09 Å². The van der Waals surface area contributed by atoms with Crippen LogP contribution < -0.4 is 5.73 Å². The predicted molar refractivity (Wildman–Crippen MR) is 61.3 cm³/mol. The Balaban J connectivity index is 2.76. The molecule has 0 unspecified atom stereocenters. The summed E-state index contributed by atoms with van der Waals surface area (Å²) in [6.07, 6.45) is -0.288. The first-order chi connectivity index (χ1) is 7.76. The van der Waals surface area contributed by atoms with Gasteiger partial charge in [-0.3, -0.25) is 9.69 Å². The molecule has 98 valence electrons. The van der Waals surface area contributed by atoms with E-state index in [2.05, 4.69) is 0 Å². The zero-order valence-electron chi connectivity index (χ0n) is 10.7. The summed E-state index contributed by atoms with van der Waals surface area (Å²) in [6.45, 7) is 5.73. The fourth-order valence-electron chi connectivity index (χ4n) is 1.87. The van der Waals surface area contributed by atoms with Crippen molar-refractivity contribution in [2.45, 2.75) is 44.9 Å². The van der Waals surface area contributed by atoms with E-state index in [4.69, 9.17) is 15.2 Å². The van der Waals surface area contributed by atoms with Crippen LogP contribution in [0.15, 0.2) is 0 Å². The summed E-state index contributed by atoms with van der Waals surface area (Å²) in [5.74, 6) is -0.569. The maximum absolute atomic E-state index is 11.9. The first-order valence-electron chi connectivity index (χ1n) is 5.58. The normalized spacial score (nSPS) is 24.8. The Morgan fingerprint density at radius 3 is 2.35 bits per heavy atom. The van der Waals surface area contributed by atoms with Gasteiger partial charge in [0.1, 0.15) is 11.6 Å². The van der Waals surface area contributed by atoms with Crippen molar-refractivity contribution in [2.75, 3.05) is 13.7 Å². The number of primary amides is 1. The Labute approximate surface area is 101 Å². The zero-order chi connectivity index (χ0) is 13.2. The van der Waals surface area contributed by atoms with Crippen molar-refractivity contribution in [3.63, 3.8) is 0 Å². The molecule has 6 nitrogen and oxygen atoms in total. The van der Waals surface area contributed by atoms with Gasteiger partial charge in [-0.05, 0) is 27.2 Å². The summed E-state index contributed by atoms with van der Waals surface area (Å²) in [6, 6.07) is -0.741. The van der Waals surface area contributed by atoms with Crippen molar-refractivity contribution < 1.29 is 19.1 Å². The zero-order valence-corrected chi connectivity index (χ0v) is 10.7. The van der Waals surface area contributed by atoms with E-state index in [0.717, 1.165) is 0 Å². The summed E-state index contributed by atoms with van der Waals surface area (Å²) in [5.41, 5.74) is 4.69. The molecule has 1 aliphatic heterocycles. The van der Waals surface area contributed by atoms with Crippen LogP contribution >= 0.6 is 0 Å². The number of ether oxygens (including phenoxy) is 2. The number of hydrogen-bond acceptors (Lipinski definition) is 4. The van der Waals surface area contributed by atoms with Crippen molar-refractivity contribution in [2.24, 2.45) is 5.73 Å². The Morgan fingerprint density at radius 1 is 1.35 bits per heavy atom. The van der Waals surface area contributed by atoms with Gasteiger partial charge in [-0.25, -0.2) is 4.79 Å². The SMILES string of the molecule is CO[C@H]1CCN(C(=O)OC(C)(C)C)[C@@H]1C(N)=O. The third-order valence-corrected chi connectivity index (χ3v) is 2.56. The molecule has 17 heavy (non-hydrogen) atoms. The lowest BCUT2D eigenvalue weighted by Crippen LogP contribution is -2.50. The molecular formula is C11H20N2O4. The van der Waals surface area contributed by atoms with Gasteiger partial charge in [0, 0.05) is 13.7 Å². The fourth-order valence-corrected chi connectivity index (χ4v) is 1.87. The molecule has 0 bridgehead atoms. The number of carbonyl (C=O) groups is 2. The van der Waals surface area contributed by atoms with Gasteiger partial charge in [0.25, 0.3) is 0 Å². The number of rotatable bonds is 2. The van der Waals surface area contributed by atoms with Gasteiger partial charge in [-0.2, -0.15) is 0 Å². The monoisotopic (exact) mass is 244 g/mol. The van der Waals surface area contributed by atoms with Crippen LogP contribution in [0.1, 0.15) is 27.2 Å². The maximum Gasteiger partial charge on any atom is 0.411 e. The number of nitrogens with two attached hydrogens (primary N) is 1. The second-order valence-electron chi connectivity index (χ2n) is 5.08. The second-order valence-corrected chi connectivity index (χ2v) is 5.08. The Hall–Kier alpha value is -1.30. The fraction of sp³-hybridized carbons (Fsp3) is 0.818. The van der Waals surface area contributed by atoms with Crippen LogP contribution in [-0.2, 0) is 14.3 Å². The second kappa shape index (κ2) is 4.91. The molecule has 0 aromatic heterocycles. The highest BCUT2D eigenvalue weighted by molar-refractivity contribution is 5.85. The van der Waals surface area contributed by atoms with Crippen LogP contribution in [0.25, 0.3) is 0 Å². The minimum Gasteiger partial charge on any atom is -0.444 e. The molecule has 2 atom stereocenters. The smallest absolute Gasteiger partial charge is 0.411 e. The van der Waals surface area contributed by atoms with Gasteiger partial charge < -0.3 is 15.2 Å². The van der Waals surface area contributed by atoms with Crippen molar-refractivity contribution in [1.29, 1.82) is 0 Å². The highest BCUT2D eigenvalue weighted by Gasteiger charge is 2.42. The summed E-state index contributed by atoms with van der Waals surface area (Å²) >= 11 is 0. The number of hydrogen-bond donors (Lipinski definition) is 1. The third kappa shape index (κ3) is 3.33. The van der Waals surface area contributed by atoms with Crippen LogP contribution in [0.3, 0.4) is 0 Å². The standard InChI is InChI=1S/C11H20N2O4/c1-11(2,3)17-10(15)13-6-5-7(16-4)8(13)9(12)14/h7-8H,5-6H2,1-4H3,(H2,12,14)/t7-,8-/m0/s1. The van der Waals surface area contributed by atoms with Crippen molar-refractivity contribution in [3.8, 4) is 0 Å². The molecule has 0 saturated carbocycles. The lowest BCUT2D eigenvalue weighted by atomic mass is 10.1. The molecule has 1 fully saturated rings. The number of likely N-dealkylation sites (tertiary alicyclic amines) is 1. The topological polar surface area (TPSA) is 81.9 Å². The van der Waals surface area contributed by atoms with E-state index in [1.54, 1.807) is 20.8 Å². The Morgan fingerprint density at radius 2 is 1.94 bits per heavy atom. The molecule has 0 spiro atoms. The highest BCUT2D eigenvalue weighted by Crippen LogP contribution is 2.22. The van der Waals surface area contributed by atoms with Gasteiger partial charge in [0.05, 0.1) is 6.10 Å². The van der Waals surface area contributed by atoms with Crippen molar-refractivity contribution >= 4 is 12.0 Å². The summed E-state index contributed by atoms with van der Waals surface area (Å²) < 4.78 is 10.4. The first kappa shape index (κ1) is 13.8. The van der Waals surface area contributed by atoms with Crippen LogP contribution in [-0.4, -0.2) is 48.3 Å². The molecule has 0 aromatic rings. The van der Waals surface area contributed by atoms with E-state index in [-0.39, 0.29) is 6.10 Å². The molecule has 1 saturated heterocycles. The van der Waals surface area contributed by atoms with Crippen molar-refractivity contribution in [1.82, 2.24) is 4.90 Å². The summed E-state index contributed by atoms with van der Waals surface area (Å²) in [4.78, 5) is 24.6. The minimum atomic E-state index is -0.741. The summed E-state index contributed by atoms with van der Waals surface area (Å²) in [5, 5.41) is 0. The van der Waals surface area contributed by atoms with E-state index in [9.17, 15) is 9.59 Å². The average Bonchev–Trinajstić information content (AvgIpc) is 2.57. The van der Waals surface area contributed by atoms with Crippen molar-refractivity contribution in [3.05, 3.63) is 0 Å². The number of carbonyl (C=O) groups excluding carboxylic acids is 2. The maximum atomic E-state index is 11.9. The Bertz CT molecular complexity index is 311. The van der Waals surface area contributed by atoms with E-state index in [1.807, 2.05) is 0 Å². The predicted octanol–water partition coefficient (Wildman–Crippen LogP) is 0.496. The summed E-state index contributed by atoms with van der Waals surface area (Å²) in [7, 11) is 1.50. The van der Waals surface area contributed by atoms with E-state index >= 15 is 0 Å².